The molecule has 1 aromatic carbocycles. The molecule has 1 atom stereocenters. The highest BCUT2D eigenvalue weighted by atomic mass is 32.1. The molecule has 0 aliphatic carbocycles. The highest BCUT2D eigenvalue weighted by Gasteiger charge is 2.33. The first-order valence-corrected chi connectivity index (χ1v) is 9.46. The molecule has 0 saturated heterocycles. The van der Waals surface area contributed by atoms with Gasteiger partial charge in [0, 0.05) is 36.1 Å². The van der Waals surface area contributed by atoms with E-state index in [0.29, 0.717) is 6.04 Å². The van der Waals surface area contributed by atoms with E-state index in [1.54, 1.807) is 23.5 Å². The summed E-state index contributed by atoms with van der Waals surface area (Å²) < 4.78 is 0. The first-order valence-electron chi connectivity index (χ1n) is 8.64. The Hall–Kier alpha value is -2.45. The second-order valence-electron chi connectivity index (χ2n) is 6.92. The van der Waals surface area contributed by atoms with Crippen LogP contribution < -0.4 is 10.6 Å². The van der Waals surface area contributed by atoms with Crippen LogP contribution in [0.15, 0.2) is 24.3 Å². The summed E-state index contributed by atoms with van der Waals surface area (Å²) in [7, 11) is 0. The molecule has 2 aromatic rings. The molecule has 26 heavy (non-hydrogen) atoms. The molecule has 3 heterocycles. The van der Waals surface area contributed by atoms with E-state index in [1.165, 1.54) is 17.0 Å². The predicted octanol–water partition coefficient (Wildman–Crippen LogP) is 3.28. The maximum absolute atomic E-state index is 12.7. The summed E-state index contributed by atoms with van der Waals surface area (Å²) in [6.45, 7) is 6.22. The van der Waals surface area contributed by atoms with Gasteiger partial charge >= 0.3 is 0 Å². The Morgan fingerprint density at radius 1 is 1.27 bits per heavy atom. The van der Waals surface area contributed by atoms with Crippen molar-refractivity contribution in [2.75, 3.05) is 11.9 Å². The molecule has 8 heteroatoms. The molecule has 7 nitrogen and oxygen atoms in total. The molecular weight excluding hydrogens is 352 g/mol. The lowest BCUT2D eigenvalue weighted by Gasteiger charge is -2.30. The molecule has 136 valence electrons. The summed E-state index contributed by atoms with van der Waals surface area (Å²) in [6.07, 6.45) is 0.508. The fourth-order valence-corrected chi connectivity index (χ4v) is 4.83. The Morgan fingerprint density at radius 2 is 2.00 bits per heavy atom. The SMILES string of the molecule is CC(C)N1CCc2c(sc3c2C(=O)NC(c2ccc([N+](=O)[O-])cc2)N3)C1. The quantitative estimate of drug-likeness (QED) is 0.638. The van der Waals surface area contributed by atoms with Gasteiger partial charge in [0.1, 0.15) is 11.2 Å². The lowest BCUT2D eigenvalue weighted by Crippen LogP contribution is -2.39. The molecule has 2 aliphatic heterocycles. The van der Waals surface area contributed by atoms with Crippen molar-refractivity contribution in [3.63, 3.8) is 0 Å². The normalized spacial score (nSPS) is 19.5. The van der Waals surface area contributed by atoms with Crippen molar-refractivity contribution < 1.29 is 9.72 Å². The molecule has 1 aromatic heterocycles. The molecule has 1 unspecified atom stereocenters. The molecule has 2 N–H and O–H groups in total. The summed E-state index contributed by atoms with van der Waals surface area (Å²) in [6, 6.07) is 6.75. The molecule has 1 amide bonds. The minimum absolute atomic E-state index is 0.0388. The second-order valence-corrected chi connectivity index (χ2v) is 8.03. The van der Waals surface area contributed by atoms with Crippen LogP contribution in [0.25, 0.3) is 0 Å². The van der Waals surface area contributed by atoms with Crippen LogP contribution in [0.3, 0.4) is 0 Å². The lowest BCUT2D eigenvalue weighted by atomic mass is 9.99. The van der Waals surface area contributed by atoms with Crippen LogP contribution >= 0.6 is 11.3 Å². The second kappa shape index (κ2) is 6.37. The first kappa shape index (κ1) is 17.0. The Morgan fingerprint density at radius 3 is 2.65 bits per heavy atom. The highest BCUT2D eigenvalue weighted by Crippen LogP contribution is 2.41. The lowest BCUT2D eigenvalue weighted by molar-refractivity contribution is -0.384. The van der Waals surface area contributed by atoms with Crippen molar-refractivity contribution in [3.05, 3.63) is 55.9 Å². The Balaban J connectivity index is 1.61. The Bertz CT molecular complexity index is 875. The summed E-state index contributed by atoms with van der Waals surface area (Å²) in [5.41, 5.74) is 2.77. The van der Waals surface area contributed by atoms with E-state index >= 15 is 0 Å². The van der Waals surface area contributed by atoms with E-state index in [4.69, 9.17) is 0 Å². The third-order valence-electron chi connectivity index (χ3n) is 5.03. The van der Waals surface area contributed by atoms with Crippen LogP contribution in [-0.4, -0.2) is 28.3 Å². The fourth-order valence-electron chi connectivity index (χ4n) is 3.53. The number of rotatable bonds is 3. The fraction of sp³-hybridized carbons (Fsp3) is 0.389. The monoisotopic (exact) mass is 372 g/mol. The molecule has 0 spiro atoms. The van der Waals surface area contributed by atoms with E-state index < -0.39 is 4.92 Å². The number of nitrogens with zero attached hydrogens (tertiary/aromatic N) is 2. The number of carbonyl (C=O) groups is 1. The molecule has 4 rings (SSSR count). The number of hydrogen-bond donors (Lipinski definition) is 2. The molecule has 2 aliphatic rings. The van der Waals surface area contributed by atoms with Crippen molar-refractivity contribution >= 4 is 27.9 Å². The number of amides is 1. The zero-order valence-corrected chi connectivity index (χ0v) is 15.4. The van der Waals surface area contributed by atoms with Gasteiger partial charge in [-0.15, -0.1) is 11.3 Å². The average Bonchev–Trinajstić information content (AvgIpc) is 2.99. The topological polar surface area (TPSA) is 87.5 Å². The van der Waals surface area contributed by atoms with Crippen LogP contribution in [0, 0.1) is 10.1 Å². The zero-order valence-electron chi connectivity index (χ0n) is 14.6. The number of anilines is 1. The van der Waals surface area contributed by atoms with E-state index in [0.717, 1.165) is 41.2 Å². The van der Waals surface area contributed by atoms with Gasteiger partial charge in [0.15, 0.2) is 0 Å². The van der Waals surface area contributed by atoms with E-state index in [1.807, 2.05) is 0 Å². The van der Waals surface area contributed by atoms with Crippen LogP contribution in [0.1, 0.15) is 46.4 Å². The summed E-state index contributed by atoms with van der Waals surface area (Å²) in [4.78, 5) is 26.8. The molecule has 0 saturated carbocycles. The highest BCUT2D eigenvalue weighted by molar-refractivity contribution is 7.16. The number of nitro benzene ring substituents is 1. The number of hydrogen-bond acceptors (Lipinski definition) is 6. The maximum atomic E-state index is 12.7. The predicted molar refractivity (Wildman–Crippen MR) is 100 cm³/mol. The van der Waals surface area contributed by atoms with E-state index in [9.17, 15) is 14.9 Å². The number of fused-ring (bicyclic) bond motifs is 3. The van der Waals surface area contributed by atoms with Crippen LogP contribution in [0.4, 0.5) is 10.7 Å². The minimum atomic E-state index is -0.428. The smallest absolute Gasteiger partial charge is 0.269 e. The van der Waals surface area contributed by atoms with Crippen LogP contribution in [0.2, 0.25) is 0 Å². The van der Waals surface area contributed by atoms with Gasteiger partial charge in [-0.25, -0.2) is 0 Å². The summed E-state index contributed by atoms with van der Waals surface area (Å²) in [5.74, 6) is -0.0717. The van der Waals surface area contributed by atoms with Crippen molar-refractivity contribution in [2.24, 2.45) is 0 Å². The summed E-state index contributed by atoms with van der Waals surface area (Å²) in [5, 5.41) is 18.1. The summed E-state index contributed by atoms with van der Waals surface area (Å²) >= 11 is 1.65. The first-order chi connectivity index (χ1) is 12.4. The van der Waals surface area contributed by atoms with E-state index in [2.05, 4.69) is 29.4 Å². The van der Waals surface area contributed by atoms with Crippen molar-refractivity contribution in [3.8, 4) is 0 Å². The minimum Gasteiger partial charge on any atom is -0.353 e. The van der Waals surface area contributed by atoms with E-state index in [-0.39, 0.29) is 17.8 Å². The number of nitro groups is 1. The number of benzene rings is 1. The van der Waals surface area contributed by atoms with Gasteiger partial charge in [0.05, 0.1) is 10.5 Å². The van der Waals surface area contributed by atoms with Crippen LogP contribution in [0.5, 0.6) is 0 Å². The van der Waals surface area contributed by atoms with Gasteiger partial charge in [0.25, 0.3) is 11.6 Å². The number of nitrogens with one attached hydrogen (secondary N) is 2. The number of thiophene rings is 1. The van der Waals surface area contributed by atoms with Crippen molar-refractivity contribution in [1.82, 2.24) is 10.2 Å². The molecule has 0 bridgehead atoms. The largest absolute Gasteiger partial charge is 0.353 e. The van der Waals surface area contributed by atoms with Gasteiger partial charge in [-0.05, 0) is 43.5 Å². The number of non-ortho nitro benzene ring substituents is 1. The standard InChI is InChI=1S/C18H20N4O3S/c1-10(2)21-8-7-13-14(9-21)26-18-15(13)17(23)19-16(20-18)11-3-5-12(6-4-11)22(24)25/h3-6,10,16,20H,7-9H2,1-2H3,(H,19,23). The van der Waals surface area contributed by atoms with Gasteiger partial charge in [-0.1, -0.05) is 0 Å². The Labute approximate surface area is 155 Å². The number of carbonyl (C=O) groups excluding carboxylic acids is 1. The van der Waals surface area contributed by atoms with Crippen molar-refractivity contribution in [1.29, 1.82) is 0 Å². The maximum Gasteiger partial charge on any atom is 0.269 e. The molecular formula is C18H20N4O3S. The zero-order chi connectivity index (χ0) is 18.4. The third-order valence-corrected chi connectivity index (χ3v) is 6.18. The van der Waals surface area contributed by atoms with Gasteiger partial charge in [-0.2, -0.15) is 0 Å². The van der Waals surface area contributed by atoms with Gasteiger partial charge < -0.3 is 10.6 Å². The van der Waals surface area contributed by atoms with Crippen LogP contribution in [-0.2, 0) is 13.0 Å². The third kappa shape index (κ3) is 2.85. The average molecular weight is 372 g/mol. The Kier molecular flexibility index (Phi) is 4.16. The van der Waals surface area contributed by atoms with Gasteiger partial charge in [-0.3, -0.25) is 19.8 Å². The van der Waals surface area contributed by atoms with Gasteiger partial charge in [0.2, 0.25) is 0 Å². The van der Waals surface area contributed by atoms with Crippen molar-refractivity contribution in [2.45, 2.75) is 39.0 Å². The molecule has 0 radical (unpaired) electrons. The molecule has 0 fully saturated rings.